The highest BCUT2D eigenvalue weighted by atomic mass is 32.2. The Morgan fingerprint density at radius 3 is 2.58 bits per heavy atom. The smallest absolute Gasteiger partial charge is 0.323 e. The van der Waals surface area contributed by atoms with Crippen LogP contribution in [-0.2, 0) is 4.79 Å². The van der Waals surface area contributed by atoms with E-state index in [1.54, 1.807) is 0 Å². The van der Waals surface area contributed by atoms with Crippen molar-refractivity contribution in [3.8, 4) is 0 Å². The number of rotatable bonds is 6. The molecule has 0 aromatic heterocycles. The zero-order valence-electron chi connectivity index (χ0n) is 7.12. The van der Waals surface area contributed by atoms with E-state index in [-0.39, 0.29) is 6.61 Å². The van der Waals surface area contributed by atoms with Gasteiger partial charge in [-0.2, -0.15) is 11.8 Å². The molecular weight excluding hydrogens is 178 g/mol. The molecular formula is C7H15NO3S. The lowest BCUT2D eigenvalue weighted by molar-refractivity contribution is -0.142. The van der Waals surface area contributed by atoms with E-state index in [0.717, 1.165) is 0 Å². The molecule has 0 rings (SSSR count). The van der Waals surface area contributed by atoms with E-state index < -0.39 is 11.5 Å². The van der Waals surface area contributed by atoms with Crippen LogP contribution >= 0.6 is 11.8 Å². The number of hydrogen-bond donors (Lipinski definition) is 3. The summed E-state index contributed by atoms with van der Waals surface area (Å²) >= 11 is 1.50. The SMILES string of the molecule is CC(N)(CCSCCO)C(=O)O. The fourth-order valence-corrected chi connectivity index (χ4v) is 1.46. The lowest BCUT2D eigenvalue weighted by Crippen LogP contribution is -2.45. The minimum atomic E-state index is -1.14. The van der Waals surface area contributed by atoms with Gasteiger partial charge in [-0.05, 0) is 19.1 Å². The molecule has 4 nitrogen and oxygen atoms in total. The number of hydrogen-bond acceptors (Lipinski definition) is 4. The Bertz CT molecular complexity index is 150. The van der Waals surface area contributed by atoms with E-state index in [4.69, 9.17) is 15.9 Å². The molecule has 4 N–H and O–H groups in total. The van der Waals surface area contributed by atoms with Crippen LogP contribution in [0.25, 0.3) is 0 Å². The summed E-state index contributed by atoms with van der Waals surface area (Å²) < 4.78 is 0. The number of thioether (sulfide) groups is 1. The molecule has 0 aromatic carbocycles. The van der Waals surface area contributed by atoms with Crippen molar-refractivity contribution in [2.75, 3.05) is 18.1 Å². The third kappa shape index (κ3) is 4.58. The van der Waals surface area contributed by atoms with Crippen molar-refractivity contribution in [1.82, 2.24) is 0 Å². The van der Waals surface area contributed by atoms with Gasteiger partial charge < -0.3 is 15.9 Å². The van der Waals surface area contributed by atoms with Crippen molar-refractivity contribution >= 4 is 17.7 Å². The van der Waals surface area contributed by atoms with Crippen molar-refractivity contribution in [3.63, 3.8) is 0 Å². The minimum absolute atomic E-state index is 0.124. The number of carboxylic acids is 1. The van der Waals surface area contributed by atoms with Gasteiger partial charge in [0.2, 0.25) is 0 Å². The van der Waals surface area contributed by atoms with Crippen LogP contribution in [0.4, 0.5) is 0 Å². The van der Waals surface area contributed by atoms with Crippen LogP contribution in [0.1, 0.15) is 13.3 Å². The van der Waals surface area contributed by atoms with Gasteiger partial charge in [0, 0.05) is 5.75 Å². The Balaban J connectivity index is 3.54. The molecule has 12 heavy (non-hydrogen) atoms. The van der Waals surface area contributed by atoms with Gasteiger partial charge in [0.25, 0.3) is 0 Å². The van der Waals surface area contributed by atoms with Crippen molar-refractivity contribution < 1.29 is 15.0 Å². The van der Waals surface area contributed by atoms with E-state index in [9.17, 15) is 4.79 Å². The van der Waals surface area contributed by atoms with E-state index in [1.807, 2.05) is 0 Å². The summed E-state index contributed by atoms with van der Waals surface area (Å²) in [4.78, 5) is 10.5. The summed E-state index contributed by atoms with van der Waals surface area (Å²) in [6.45, 7) is 1.62. The first kappa shape index (κ1) is 11.7. The predicted molar refractivity (Wildman–Crippen MR) is 49.3 cm³/mol. The maximum Gasteiger partial charge on any atom is 0.323 e. The fraction of sp³-hybridized carbons (Fsp3) is 0.857. The van der Waals surface area contributed by atoms with Crippen molar-refractivity contribution in [2.24, 2.45) is 5.73 Å². The van der Waals surface area contributed by atoms with Crippen molar-refractivity contribution in [3.05, 3.63) is 0 Å². The third-order valence-corrected chi connectivity index (χ3v) is 2.45. The van der Waals surface area contributed by atoms with Crippen LogP contribution in [0.3, 0.4) is 0 Å². The summed E-state index contributed by atoms with van der Waals surface area (Å²) in [5, 5.41) is 17.1. The second-order valence-corrected chi connectivity index (χ2v) is 4.03. The molecule has 0 aliphatic rings. The van der Waals surface area contributed by atoms with Crippen molar-refractivity contribution in [2.45, 2.75) is 18.9 Å². The first-order valence-corrected chi connectivity index (χ1v) is 4.87. The number of carbonyl (C=O) groups is 1. The molecule has 0 aliphatic heterocycles. The molecule has 0 amide bonds. The summed E-state index contributed by atoms with van der Waals surface area (Å²) in [5.41, 5.74) is 4.33. The molecule has 0 saturated heterocycles. The number of aliphatic carboxylic acids is 1. The summed E-state index contributed by atoms with van der Waals surface area (Å²) in [6, 6.07) is 0. The molecule has 5 heteroatoms. The molecule has 0 heterocycles. The topological polar surface area (TPSA) is 83.5 Å². The second-order valence-electron chi connectivity index (χ2n) is 2.81. The zero-order chi connectivity index (χ0) is 9.61. The van der Waals surface area contributed by atoms with E-state index >= 15 is 0 Å². The second kappa shape index (κ2) is 5.40. The number of nitrogens with two attached hydrogens (primary N) is 1. The lowest BCUT2D eigenvalue weighted by atomic mass is 10.0. The van der Waals surface area contributed by atoms with Gasteiger partial charge in [0.1, 0.15) is 5.54 Å². The van der Waals surface area contributed by atoms with Crippen LogP contribution in [-0.4, -0.2) is 39.8 Å². The number of aliphatic hydroxyl groups is 1. The maximum atomic E-state index is 10.5. The molecule has 1 unspecified atom stereocenters. The molecule has 1 atom stereocenters. The average molecular weight is 193 g/mol. The van der Waals surface area contributed by atoms with Gasteiger partial charge in [-0.25, -0.2) is 0 Å². The zero-order valence-corrected chi connectivity index (χ0v) is 7.93. The number of aliphatic hydroxyl groups excluding tert-OH is 1. The quantitative estimate of drug-likeness (QED) is 0.513. The summed E-state index contributed by atoms with van der Waals surface area (Å²) in [7, 11) is 0. The van der Waals surface area contributed by atoms with E-state index in [1.165, 1.54) is 18.7 Å². The van der Waals surface area contributed by atoms with Gasteiger partial charge in [-0.1, -0.05) is 0 Å². The molecule has 0 saturated carbocycles. The molecule has 0 spiro atoms. The first-order valence-electron chi connectivity index (χ1n) is 3.71. The van der Waals surface area contributed by atoms with Gasteiger partial charge in [0.15, 0.2) is 0 Å². The summed E-state index contributed by atoms with van der Waals surface area (Å²) in [6.07, 6.45) is 0.424. The molecule has 0 bridgehead atoms. The average Bonchev–Trinajstić information content (AvgIpc) is 1.98. The molecule has 0 aromatic rings. The van der Waals surface area contributed by atoms with Gasteiger partial charge >= 0.3 is 5.97 Å². The molecule has 0 radical (unpaired) electrons. The van der Waals surface area contributed by atoms with E-state index in [0.29, 0.717) is 17.9 Å². The van der Waals surface area contributed by atoms with Crippen LogP contribution < -0.4 is 5.73 Å². The lowest BCUT2D eigenvalue weighted by Gasteiger charge is -2.18. The fourth-order valence-electron chi connectivity index (χ4n) is 0.558. The van der Waals surface area contributed by atoms with E-state index in [2.05, 4.69) is 0 Å². The Morgan fingerprint density at radius 1 is 1.58 bits per heavy atom. The Labute approximate surface area is 76.1 Å². The van der Waals surface area contributed by atoms with Crippen LogP contribution in [0.2, 0.25) is 0 Å². The highest BCUT2D eigenvalue weighted by Gasteiger charge is 2.26. The van der Waals surface area contributed by atoms with Crippen LogP contribution in [0, 0.1) is 0 Å². The Kier molecular flexibility index (Phi) is 5.28. The van der Waals surface area contributed by atoms with Crippen LogP contribution in [0.5, 0.6) is 0 Å². The standard InChI is InChI=1S/C7H15NO3S/c1-7(8,6(10)11)2-4-12-5-3-9/h9H,2-5,8H2,1H3,(H,10,11). The molecule has 0 fully saturated rings. The highest BCUT2D eigenvalue weighted by Crippen LogP contribution is 2.11. The maximum absolute atomic E-state index is 10.5. The van der Waals surface area contributed by atoms with Crippen LogP contribution in [0.15, 0.2) is 0 Å². The predicted octanol–water partition coefficient (Wildman–Crippen LogP) is -0.0960. The van der Waals surface area contributed by atoms with Crippen molar-refractivity contribution in [1.29, 1.82) is 0 Å². The minimum Gasteiger partial charge on any atom is -0.480 e. The largest absolute Gasteiger partial charge is 0.480 e. The Morgan fingerprint density at radius 2 is 2.17 bits per heavy atom. The third-order valence-electron chi connectivity index (χ3n) is 1.49. The first-order chi connectivity index (χ1) is 5.50. The van der Waals surface area contributed by atoms with Gasteiger partial charge in [0.05, 0.1) is 6.61 Å². The van der Waals surface area contributed by atoms with Gasteiger partial charge in [-0.3, -0.25) is 4.79 Å². The molecule has 72 valence electrons. The monoisotopic (exact) mass is 193 g/mol. The normalized spacial score (nSPS) is 15.6. The highest BCUT2D eigenvalue weighted by molar-refractivity contribution is 7.99. The summed E-state index contributed by atoms with van der Waals surface area (Å²) in [5.74, 6) is 0.322. The number of carboxylic acid groups (broad SMARTS) is 1. The Hall–Kier alpha value is -0.260. The van der Waals surface area contributed by atoms with Gasteiger partial charge in [-0.15, -0.1) is 0 Å². The molecule has 0 aliphatic carbocycles.